The standard InChI is InChI=1S/C26H23NO4/c1-3-30-24-14-19(12-13-23(24)31-16-18-9-5-4-6-10-18)22-15-21(26(28)29)20-11-7-8-17(2)25(20)27-22/h4-15H,3,16H2,1-2H3,(H,28,29)/p-1. The van der Waals surface area contributed by atoms with E-state index in [1.54, 1.807) is 12.1 Å². The van der Waals surface area contributed by atoms with Gasteiger partial charge in [0.15, 0.2) is 11.5 Å². The van der Waals surface area contributed by atoms with Crippen molar-refractivity contribution in [1.82, 2.24) is 4.98 Å². The van der Waals surface area contributed by atoms with Crippen LogP contribution in [0.2, 0.25) is 0 Å². The molecule has 31 heavy (non-hydrogen) atoms. The van der Waals surface area contributed by atoms with Crippen molar-refractivity contribution in [2.45, 2.75) is 20.5 Å². The molecule has 0 radical (unpaired) electrons. The van der Waals surface area contributed by atoms with Gasteiger partial charge in [-0.25, -0.2) is 4.98 Å². The summed E-state index contributed by atoms with van der Waals surface area (Å²) in [4.78, 5) is 16.5. The Morgan fingerprint density at radius 3 is 2.48 bits per heavy atom. The molecule has 0 bridgehead atoms. The van der Waals surface area contributed by atoms with Crippen molar-refractivity contribution >= 4 is 16.9 Å². The van der Waals surface area contributed by atoms with Crippen LogP contribution in [-0.2, 0) is 6.61 Å². The van der Waals surface area contributed by atoms with Crippen LogP contribution in [0.3, 0.4) is 0 Å². The van der Waals surface area contributed by atoms with Crippen molar-refractivity contribution < 1.29 is 19.4 Å². The molecule has 0 N–H and O–H groups in total. The molecule has 0 saturated heterocycles. The molecule has 5 heteroatoms. The second-order valence-corrected chi connectivity index (χ2v) is 7.18. The first-order chi connectivity index (χ1) is 15.1. The Bertz CT molecular complexity index is 1240. The highest BCUT2D eigenvalue weighted by molar-refractivity contribution is 6.03. The number of para-hydroxylation sites is 1. The number of hydrogen-bond acceptors (Lipinski definition) is 5. The number of aryl methyl sites for hydroxylation is 1. The third kappa shape index (κ3) is 4.36. The topological polar surface area (TPSA) is 71.5 Å². The van der Waals surface area contributed by atoms with E-state index in [1.807, 2.05) is 74.5 Å². The van der Waals surface area contributed by atoms with E-state index in [-0.39, 0.29) is 5.56 Å². The van der Waals surface area contributed by atoms with E-state index < -0.39 is 5.97 Å². The molecule has 0 aliphatic heterocycles. The Morgan fingerprint density at radius 1 is 0.935 bits per heavy atom. The summed E-state index contributed by atoms with van der Waals surface area (Å²) in [6.45, 7) is 4.70. The fourth-order valence-corrected chi connectivity index (χ4v) is 3.50. The Kier molecular flexibility index (Phi) is 5.85. The highest BCUT2D eigenvalue weighted by Crippen LogP contribution is 2.34. The lowest BCUT2D eigenvalue weighted by Crippen LogP contribution is -2.22. The van der Waals surface area contributed by atoms with E-state index >= 15 is 0 Å². The smallest absolute Gasteiger partial charge is 0.161 e. The van der Waals surface area contributed by atoms with Crippen molar-refractivity contribution in [3.8, 4) is 22.8 Å². The van der Waals surface area contributed by atoms with Crippen molar-refractivity contribution in [1.29, 1.82) is 0 Å². The predicted octanol–water partition coefficient (Wildman–Crippen LogP) is 4.55. The third-order valence-corrected chi connectivity index (χ3v) is 5.04. The van der Waals surface area contributed by atoms with Crippen LogP contribution in [0.1, 0.15) is 28.4 Å². The Morgan fingerprint density at radius 2 is 1.74 bits per heavy atom. The molecule has 5 nitrogen and oxygen atoms in total. The lowest BCUT2D eigenvalue weighted by Gasteiger charge is -2.15. The molecule has 0 fully saturated rings. The van der Waals surface area contributed by atoms with Gasteiger partial charge in [0.2, 0.25) is 0 Å². The number of carbonyl (C=O) groups excluding carboxylic acids is 1. The number of fused-ring (bicyclic) bond motifs is 1. The van der Waals surface area contributed by atoms with Gasteiger partial charge in [-0.1, -0.05) is 48.5 Å². The maximum atomic E-state index is 11.8. The van der Waals surface area contributed by atoms with Crippen molar-refractivity contribution in [2.75, 3.05) is 6.61 Å². The molecular weight excluding hydrogens is 390 g/mol. The number of rotatable bonds is 7. The summed E-state index contributed by atoms with van der Waals surface area (Å²) in [5, 5.41) is 12.3. The number of ether oxygens (including phenoxy) is 2. The first-order valence-electron chi connectivity index (χ1n) is 10.1. The molecule has 0 aliphatic rings. The van der Waals surface area contributed by atoms with Crippen molar-refractivity contribution in [3.05, 3.63) is 89.5 Å². The molecule has 156 valence electrons. The van der Waals surface area contributed by atoms with Crippen LogP contribution in [-0.4, -0.2) is 17.6 Å². The molecule has 0 atom stereocenters. The molecule has 1 heterocycles. The summed E-state index contributed by atoms with van der Waals surface area (Å²) in [5.41, 5.74) is 3.99. The first-order valence-corrected chi connectivity index (χ1v) is 10.1. The lowest BCUT2D eigenvalue weighted by molar-refractivity contribution is -0.254. The van der Waals surface area contributed by atoms with Crippen LogP contribution in [0.15, 0.2) is 72.8 Å². The summed E-state index contributed by atoms with van der Waals surface area (Å²) >= 11 is 0. The number of pyridine rings is 1. The van der Waals surface area contributed by atoms with Gasteiger partial charge in [-0.3, -0.25) is 0 Å². The molecule has 0 amide bonds. The second-order valence-electron chi connectivity index (χ2n) is 7.18. The van der Waals surface area contributed by atoms with Gasteiger partial charge in [-0.05, 0) is 49.2 Å². The highest BCUT2D eigenvalue weighted by Gasteiger charge is 2.13. The first kappa shape index (κ1) is 20.4. The maximum absolute atomic E-state index is 11.8. The molecule has 1 aromatic heterocycles. The van der Waals surface area contributed by atoms with Crippen LogP contribution >= 0.6 is 0 Å². The van der Waals surface area contributed by atoms with Crippen LogP contribution in [0.4, 0.5) is 0 Å². The van der Waals surface area contributed by atoms with Gasteiger partial charge in [0, 0.05) is 16.5 Å². The van der Waals surface area contributed by atoms with E-state index in [2.05, 4.69) is 0 Å². The summed E-state index contributed by atoms with van der Waals surface area (Å²) in [6, 6.07) is 22.4. The largest absolute Gasteiger partial charge is 0.545 e. The zero-order chi connectivity index (χ0) is 21.8. The number of carboxylic acids is 1. The van der Waals surface area contributed by atoms with Gasteiger partial charge in [0.25, 0.3) is 0 Å². The maximum Gasteiger partial charge on any atom is 0.161 e. The molecular formula is C26H22NO4-. The average molecular weight is 412 g/mol. The number of benzene rings is 3. The Labute approximate surface area is 180 Å². The zero-order valence-electron chi connectivity index (χ0n) is 17.4. The number of nitrogens with zero attached hydrogens (tertiary/aromatic N) is 1. The number of carbonyl (C=O) groups is 1. The minimum Gasteiger partial charge on any atom is -0.545 e. The normalized spacial score (nSPS) is 10.8. The van der Waals surface area contributed by atoms with Crippen LogP contribution in [0, 0.1) is 6.92 Å². The summed E-state index contributed by atoms with van der Waals surface area (Å²) < 4.78 is 11.8. The third-order valence-electron chi connectivity index (χ3n) is 5.04. The van der Waals surface area contributed by atoms with E-state index in [1.165, 1.54) is 0 Å². The predicted molar refractivity (Wildman–Crippen MR) is 118 cm³/mol. The van der Waals surface area contributed by atoms with Gasteiger partial charge in [0.1, 0.15) is 6.61 Å². The minimum absolute atomic E-state index is 0.117. The minimum atomic E-state index is -1.23. The Hall–Kier alpha value is -3.86. The summed E-state index contributed by atoms with van der Waals surface area (Å²) in [6.07, 6.45) is 0. The van der Waals surface area contributed by atoms with Crippen LogP contribution < -0.4 is 14.6 Å². The fourth-order valence-electron chi connectivity index (χ4n) is 3.50. The second kappa shape index (κ2) is 8.88. The molecule has 0 saturated carbocycles. The van der Waals surface area contributed by atoms with Gasteiger partial charge in [-0.2, -0.15) is 0 Å². The van der Waals surface area contributed by atoms with Gasteiger partial charge in [-0.15, -0.1) is 0 Å². The average Bonchev–Trinajstić information content (AvgIpc) is 2.78. The van der Waals surface area contributed by atoms with Gasteiger partial charge >= 0.3 is 0 Å². The van der Waals surface area contributed by atoms with Crippen molar-refractivity contribution in [3.63, 3.8) is 0 Å². The number of hydrogen-bond donors (Lipinski definition) is 0. The van der Waals surface area contributed by atoms with Gasteiger partial charge in [0.05, 0.1) is 23.8 Å². The monoisotopic (exact) mass is 412 g/mol. The number of carboxylic acid groups (broad SMARTS) is 1. The zero-order valence-corrected chi connectivity index (χ0v) is 17.4. The lowest BCUT2D eigenvalue weighted by atomic mass is 10.0. The molecule has 0 aliphatic carbocycles. The summed E-state index contributed by atoms with van der Waals surface area (Å²) in [5.74, 6) is -0.0312. The SMILES string of the molecule is CCOc1cc(-c2cc(C(=O)[O-])c3cccc(C)c3n2)ccc1OCc1ccccc1. The molecule has 4 rings (SSSR count). The van der Waals surface area contributed by atoms with Gasteiger partial charge < -0.3 is 19.4 Å². The number of aromatic nitrogens is 1. The number of aromatic carboxylic acids is 1. The van der Waals surface area contributed by atoms with E-state index in [0.717, 1.165) is 16.7 Å². The van der Waals surface area contributed by atoms with E-state index in [0.29, 0.717) is 41.3 Å². The van der Waals surface area contributed by atoms with Crippen LogP contribution in [0.5, 0.6) is 11.5 Å². The van der Waals surface area contributed by atoms with Crippen LogP contribution in [0.25, 0.3) is 22.2 Å². The molecule has 0 unspecified atom stereocenters. The van der Waals surface area contributed by atoms with E-state index in [4.69, 9.17) is 14.5 Å². The fraction of sp³-hybridized carbons (Fsp3) is 0.154. The van der Waals surface area contributed by atoms with E-state index in [9.17, 15) is 9.90 Å². The Balaban J connectivity index is 1.74. The molecule has 0 spiro atoms. The quantitative estimate of drug-likeness (QED) is 0.445. The molecule has 3 aromatic carbocycles. The highest BCUT2D eigenvalue weighted by atomic mass is 16.5. The molecule has 4 aromatic rings. The van der Waals surface area contributed by atoms with Crippen molar-refractivity contribution in [2.24, 2.45) is 0 Å². The summed E-state index contributed by atoms with van der Waals surface area (Å²) in [7, 11) is 0.